The van der Waals surface area contributed by atoms with E-state index in [1.54, 1.807) is 0 Å². The fourth-order valence-corrected chi connectivity index (χ4v) is 4.48. The average molecular weight is 399 g/mol. The number of carbonyl (C=O) groups is 1. The number of alkyl halides is 1. The van der Waals surface area contributed by atoms with Gasteiger partial charge in [-0.1, -0.05) is 17.9 Å². The van der Waals surface area contributed by atoms with Gasteiger partial charge in [-0.2, -0.15) is 0 Å². The summed E-state index contributed by atoms with van der Waals surface area (Å²) in [6.07, 6.45) is 12.7. The van der Waals surface area contributed by atoms with E-state index in [-0.39, 0.29) is 11.9 Å². The number of rotatable bonds is 5. The number of ether oxygens (including phenoxy) is 1. The quantitative estimate of drug-likeness (QED) is 0.186. The van der Waals surface area contributed by atoms with Crippen LogP contribution in [0.15, 0.2) is 36.9 Å². The van der Waals surface area contributed by atoms with Crippen LogP contribution in [-0.2, 0) is 4.79 Å². The molecular formula is C25H31ClO2. The largest absolute Gasteiger partial charge is 0.426 e. The zero-order chi connectivity index (χ0) is 19.8. The molecule has 3 rings (SSSR count). The van der Waals surface area contributed by atoms with Crippen molar-refractivity contribution in [2.24, 2.45) is 17.8 Å². The number of hydrogen-bond donors (Lipinski definition) is 0. The van der Waals surface area contributed by atoms with Crippen molar-refractivity contribution < 1.29 is 9.53 Å². The molecule has 0 unspecified atom stereocenters. The molecule has 2 aliphatic rings. The van der Waals surface area contributed by atoms with Crippen LogP contribution >= 0.6 is 11.6 Å². The summed E-state index contributed by atoms with van der Waals surface area (Å²) in [4.78, 5) is 12.5. The molecule has 1 aromatic rings. The lowest BCUT2D eigenvalue weighted by molar-refractivity contribution is -0.140. The first-order valence-electron chi connectivity index (χ1n) is 10.7. The van der Waals surface area contributed by atoms with Gasteiger partial charge in [-0.3, -0.25) is 4.79 Å². The highest BCUT2D eigenvalue weighted by Gasteiger charge is 2.27. The summed E-state index contributed by atoms with van der Waals surface area (Å²) in [6, 6.07) is 7.59. The van der Waals surface area contributed by atoms with Gasteiger partial charge in [0.1, 0.15) is 5.75 Å². The van der Waals surface area contributed by atoms with Gasteiger partial charge in [0.15, 0.2) is 0 Å². The third-order valence-corrected chi connectivity index (χ3v) is 6.55. The molecule has 0 heterocycles. The molecule has 2 fully saturated rings. The van der Waals surface area contributed by atoms with Crippen molar-refractivity contribution in [1.29, 1.82) is 0 Å². The number of carbonyl (C=O) groups excluding carboxylic acids is 1. The molecule has 0 atom stereocenters. The van der Waals surface area contributed by atoms with Crippen molar-refractivity contribution in [3.8, 4) is 17.6 Å². The minimum absolute atomic E-state index is 0.0384. The van der Waals surface area contributed by atoms with Crippen LogP contribution in [0.3, 0.4) is 0 Å². The van der Waals surface area contributed by atoms with Crippen LogP contribution in [0.4, 0.5) is 0 Å². The second kappa shape index (κ2) is 10.7. The smallest absolute Gasteiger partial charge is 0.314 e. The molecule has 0 amide bonds. The van der Waals surface area contributed by atoms with E-state index in [1.807, 2.05) is 30.3 Å². The summed E-state index contributed by atoms with van der Waals surface area (Å²) in [7, 11) is 0. The number of halogens is 1. The number of benzene rings is 1. The van der Waals surface area contributed by atoms with Gasteiger partial charge < -0.3 is 4.74 Å². The van der Waals surface area contributed by atoms with Gasteiger partial charge in [0, 0.05) is 16.9 Å². The monoisotopic (exact) mass is 398 g/mol. The molecular weight excluding hydrogens is 368 g/mol. The van der Waals surface area contributed by atoms with Gasteiger partial charge in [0.2, 0.25) is 0 Å². The van der Waals surface area contributed by atoms with Crippen molar-refractivity contribution in [3.05, 3.63) is 42.5 Å². The minimum Gasteiger partial charge on any atom is -0.426 e. The van der Waals surface area contributed by atoms with E-state index in [4.69, 9.17) is 16.3 Å². The summed E-state index contributed by atoms with van der Waals surface area (Å²) in [5.41, 5.74) is 0.968. The lowest BCUT2D eigenvalue weighted by atomic mass is 9.80. The van der Waals surface area contributed by atoms with E-state index in [0.29, 0.717) is 17.0 Å². The lowest BCUT2D eigenvalue weighted by Crippen LogP contribution is -2.25. The molecule has 2 nitrogen and oxygen atoms in total. The summed E-state index contributed by atoms with van der Waals surface area (Å²) in [5.74, 6) is 8.38. The molecule has 1 aromatic carbocycles. The Labute approximate surface area is 174 Å². The Morgan fingerprint density at radius 1 is 1.07 bits per heavy atom. The Hall–Kier alpha value is -1.72. The van der Waals surface area contributed by atoms with Crippen LogP contribution in [0, 0.1) is 29.6 Å². The highest BCUT2D eigenvalue weighted by Crippen LogP contribution is 2.32. The molecule has 2 aliphatic carbocycles. The summed E-state index contributed by atoms with van der Waals surface area (Å²) < 4.78 is 5.61. The minimum atomic E-state index is -0.0844. The van der Waals surface area contributed by atoms with Gasteiger partial charge in [0.05, 0.1) is 5.92 Å². The first-order chi connectivity index (χ1) is 13.6. The number of hydrogen-bond acceptors (Lipinski definition) is 2. The molecule has 0 spiro atoms. The van der Waals surface area contributed by atoms with E-state index in [1.165, 1.54) is 6.42 Å². The zero-order valence-corrected chi connectivity index (χ0v) is 17.4. The standard InChI is InChI=1S/C25H31ClO2/c1-2-3-4-19-7-13-22(14-8-19)25(27)28-24-17-11-21(12-18-24)6-5-20-9-15-23(26)16-10-20/h2,11-12,17-20,22-23H,1,3-4,7-10,13-16H2/t19-,20-,22-,23-. The maximum atomic E-state index is 12.5. The molecule has 2 saturated carbocycles. The molecule has 150 valence electrons. The molecule has 28 heavy (non-hydrogen) atoms. The van der Waals surface area contributed by atoms with Gasteiger partial charge in [-0.15, -0.1) is 18.2 Å². The zero-order valence-electron chi connectivity index (χ0n) is 16.7. The Morgan fingerprint density at radius 2 is 1.75 bits per heavy atom. The lowest BCUT2D eigenvalue weighted by Gasteiger charge is -2.26. The van der Waals surface area contributed by atoms with E-state index in [9.17, 15) is 4.79 Å². The van der Waals surface area contributed by atoms with Gasteiger partial charge in [-0.05, 0) is 94.4 Å². The second-order valence-electron chi connectivity index (χ2n) is 8.25. The predicted molar refractivity (Wildman–Crippen MR) is 115 cm³/mol. The normalized spacial score (nSPS) is 27.3. The van der Waals surface area contributed by atoms with E-state index in [2.05, 4.69) is 18.4 Å². The van der Waals surface area contributed by atoms with Crippen molar-refractivity contribution in [2.75, 3.05) is 0 Å². The van der Waals surface area contributed by atoms with Crippen LogP contribution in [0.1, 0.15) is 69.8 Å². The van der Waals surface area contributed by atoms with E-state index < -0.39 is 0 Å². The van der Waals surface area contributed by atoms with Crippen LogP contribution in [0.5, 0.6) is 5.75 Å². The molecule has 0 saturated heterocycles. The molecule has 0 aromatic heterocycles. The highest BCUT2D eigenvalue weighted by molar-refractivity contribution is 6.20. The summed E-state index contributed by atoms with van der Waals surface area (Å²) >= 11 is 6.15. The van der Waals surface area contributed by atoms with E-state index in [0.717, 1.165) is 69.3 Å². The third-order valence-electron chi connectivity index (χ3n) is 6.11. The third kappa shape index (κ3) is 6.42. The van der Waals surface area contributed by atoms with Gasteiger partial charge in [0.25, 0.3) is 0 Å². The van der Waals surface area contributed by atoms with Crippen molar-refractivity contribution in [2.45, 2.75) is 69.6 Å². The van der Waals surface area contributed by atoms with Crippen LogP contribution in [-0.4, -0.2) is 11.3 Å². The predicted octanol–water partition coefficient (Wildman–Crippen LogP) is 6.51. The number of allylic oxidation sites excluding steroid dienone is 1. The highest BCUT2D eigenvalue weighted by atomic mass is 35.5. The maximum Gasteiger partial charge on any atom is 0.314 e. The average Bonchev–Trinajstić information content (AvgIpc) is 2.73. The Kier molecular flexibility index (Phi) is 8.04. The van der Waals surface area contributed by atoms with Crippen molar-refractivity contribution in [1.82, 2.24) is 0 Å². The van der Waals surface area contributed by atoms with Gasteiger partial charge >= 0.3 is 5.97 Å². The Morgan fingerprint density at radius 3 is 2.39 bits per heavy atom. The second-order valence-corrected chi connectivity index (χ2v) is 8.86. The molecule has 0 aliphatic heterocycles. The Balaban J connectivity index is 1.45. The fraction of sp³-hybridized carbons (Fsp3) is 0.560. The van der Waals surface area contributed by atoms with Crippen molar-refractivity contribution in [3.63, 3.8) is 0 Å². The van der Waals surface area contributed by atoms with Crippen LogP contribution in [0.25, 0.3) is 0 Å². The first-order valence-corrected chi connectivity index (χ1v) is 11.2. The first kappa shape index (κ1) is 21.0. The Bertz CT molecular complexity index is 696. The van der Waals surface area contributed by atoms with Crippen LogP contribution in [0.2, 0.25) is 0 Å². The topological polar surface area (TPSA) is 26.3 Å². The van der Waals surface area contributed by atoms with E-state index >= 15 is 0 Å². The summed E-state index contributed by atoms with van der Waals surface area (Å²) in [6.45, 7) is 3.79. The maximum absolute atomic E-state index is 12.5. The van der Waals surface area contributed by atoms with Gasteiger partial charge in [-0.25, -0.2) is 0 Å². The SMILES string of the molecule is C=CCC[C@H]1CC[C@H](C(=O)Oc2ccc(C#C[C@H]3CC[C@H](Cl)CC3)cc2)CC1. The summed E-state index contributed by atoms with van der Waals surface area (Å²) in [5, 5.41) is 0.328. The van der Waals surface area contributed by atoms with Crippen molar-refractivity contribution >= 4 is 17.6 Å². The molecule has 0 radical (unpaired) electrons. The number of esters is 1. The molecule has 0 N–H and O–H groups in total. The van der Waals surface area contributed by atoms with Crippen LogP contribution < -0.4 is 4.74 Å². The fourth-order valence-electron chi connectivity index (χ4n) is 4.23. The molecule has 0 bridgehead atoms. The molecule has 3 heteroatoms.